The fraction of sp³-hybridized carbons (Fsp3) is 0.375. The summed E-state index contributed by atoms with van der Waals surface area (Å²) in [7, 11) is -3.63. The summed E-state index contributed by atoms with van der Waals surface area (Å²) in [6.45, 7) is 10.0. The van der Waals surface area contributed by atoms with E-state index in [0.29, 0.717) is 30.6 Å². The molecule has 8 nitrogen and oxygen atoms in total. The van der Waals surface area contributed by atoms with E-state index in [9.17, 15) is 13.2 Å². The van der Waals surface area contributed by atoms with E-state index >= 15 is 0 Å². The Morgan fingerprint density at radius 2 is 1.70 bits per heavy atom. The first-order valence-corrected chi connectivity index (χ1v) is 12.4. The van der Waals surface area contributed by atoms with Crippen LogP contribution in [0.3, 0.4) is 0 Å². The average Bonchev–Trinajstić information content (AvgIpc) is 3.25. The zero-order valence-corrected chi connectivity index (χ0v) is 20.5. The minimum atomic E-state index is -3.63. The van der Waals surface area contributed by atoms with E-state index in [1.807, 2.05) is 45.0 Å². The van der Waals surface area contributed by atoms with Gasteiger partial charge in [-0.25, -0.2) is 8.42 Å². The predicted molar refractivity (Wildman–Crippen MR) is 127 cm³/mol. The molecule has 3 aromatic rings. The van der Waals surface area contributed by atoms with Crippen molar-refractivity contribution in [3.05, 3.63) is 59.0 Å². The topological polar surface area (TPSA) is 105 Å². The highest BCUT2D eigenvalue weighted by Crippen LogP contribution is 2.26. The van der Waals surface area contributed by atoms with Gasteiger partial charge in [-0.15, -0.1) is 10.2 Å². The number of benzene rings is 2. The van der Waals surface area contributed by atoms with Crippen molar-refractivity contribution in [2.24, 2.45) is 0 Å². The minimum Gasteiger partial charge on any atom is -0.421 e. The van der Waals surface area contributed by atoms with Gasteiger partial charge in [0, 0.05) is 37.2 Å². The van der Waals surface area contributed by atoms with E-state index in [1.165, 1.54) is 10.4 Å². The molecule has 176 valence electrons. The van der Waals surface area contributed by atoms with Gasteiger partial charge in [0.15, 0.2) is 0 Å². The summed E-state index contributed by atoms with van der Waals surface area (Å²) in [6.07, 6.45) is 0.404. The van der Waals surface area contributed by atoms with Gasteiger partial charge >= 0.3 is 0 Å². The molecule has 1 amide bonds. The van der Waals surface area contributed by atoms with Crippen molar-refractivity contribution < 1.29 is 17.6 Å². The van der Waals surface area contributed by atoms with Crippen molar-refractivity contribution in [3.8, 4) is 11.5 Å². The first kappa shape index (κ1) is 24.6. The largest absolute Gasteiger partial charge is 0.421 e. The summed E-state index contributed by atoms with van der Waals surface area (Å²) in [6, 6.07) is 10.9. The molecule has 1 N–H and O–H groups in total. The molecular formula is C24H30N4O4S. The molecule has 0 aliphatic carbocycles. The van der Waals surface area contributed by atoms with Crippen LogP contribution in [0, 0.1) is 20.8 Å². The molecule has 0 fully saturated rings. The van der Waals surface area contributed by atoms with E-state index in [4.69, 9.17) is 4.42 Å². The Hall–Kier alpha value is -3.04. The molecule has 0 atom stereocenters. The van der Waals surface area contributed by atoms with Gasteiger partial charge in [0.1, 0.15) is 0 Å². The Morgan fingerprint density at radius 3 is 2.33 bits per heavy atom. The lowest BCUT2D eigenvalue weighted by molar-refractivity contribution is -0.116. The number of aryl methyl sites for hydroxylation is 3. The number of nitrogens with zero attached hydrogens (tertiary/aromatic N) is 3. The van der Waals surface area contributed by atoms with Gasteiger partial charge in [0.25, 0.3) is 0 Å². The van der Waals surface area contributed by atoms with Crippen LogP contribution in [0.25, 0.3) is 11.5 Å². The third-order valence-corrected chi connectivity index (χ3v) is 7.62. The molecule has 0 unspecified atom stereocenters. The molecular weight excluding hydrogens is 440 g/mol. The van der Waals surface area contributed by atoms with Crippen molar-refractivity contribution in [2.75, 3.05) is 18.4 Å². The van der Waals surface area contributed by atoms with Crippen LogP contribution >= 0.6 is 0 Å². The zero-order valence-electron chi connectivity index (χ0n) is 19.7. The molecule has 0 saturated carbocycles. The lowest BCUT2D eigenvalue weighted by atomic mass is 10.1. The van der Waals surface area contributed by atoms with Crippen molar-refractivity contribution in [2.45, 2.75) is 52.4 Å². The van der Waals surface area contributed by atoms with Crippen LogP contribution in [-0.4, -0.2) is 41.9 Å². The van der Waals surface area contributed by atoms with Crippen LogP contribution in [-0.2, 0) is 21.2 Å². The second-order valence-corrected chi connectivity index (χ2v) is 9.86. The average molecular weight is 471 g/mol. The standard InChI is InChI=1S/C24H30N4O4S/c1-6-28(7-2)33(30,31)20-14-17(4)18(5)21(15-20)25-22(29)12-13-23-26-27-24(32-23)19-10-8-16(3)9-11-19/h8-11,14-15H,6-7,12-13H2,1-5H3,(H,25,29). The second kappa shape index (κ2) is 10.3. The number of hydrogen-bond donors (Lipinski definition) is 1. The molecule has 1 aromatic heterocycles. The van der Waals surface area contributed by atoms with Crippen LogP contribution in [0.5, 0.6) is 0 Å². The van der Waals surface area contributed by atoms with Crippen molar-refractivity contribution in [1.29, 1.82) is 0 Å². The Labute approximate surface area is 195 Å². The molecule has 0 radical (unpaired) electrons. The number of hydrogen-bond acceptors (Lipinski definition) is 6. The third kappa shape index (κ3) is 5.66. The molecule has 9 heteroatoms. The molecule has 0 aliphatic heterocycles. The maximum atomic E-state index is 12.9. The third-order valence-electron chi connectivity index (χ3n) is 5.59. The number of carbonyl (C=O) groups excluding carboxylic acids is 1. The summed E-state index contributed by atoms with van der Waals surface area (Å²) in [5, 5.41) is 10.9. The Bertz CT molecular complexity index is 1230. The lowest BCUT2D eigenvalue weighted by Crippen LogP contribution is -2.30. The fourth-order valence-electron chi connectivity index (χ4n) is 3.42. The highest BCUT2D eigenvalue weighted by atomic mass is 32.2. The van der Waals surface area contributed by atoms with Crippen molar-refractivity contribution in [3.63, 3.8) is 0 Å². The quantitative estimate of drug-likeness (QED) is 0.501. The van der Waals surface area contributed by atoms with E-state index in [1.54, 1.807) is 19.9 Å². The summed E-state index contributed by atoms with van der Waals surface area (Å²) in [4.78, 5) is 12.8. The number of nitrogens with one attached hydrogen (secondary N) is 1. The zero-order chi connectivity index (χ0) is 24.2. The molecule has 2 aromatic carbocycles. The smallest absolute Gasteiger partial charge is 0.247 e. The van der Waals surface area contributed by atoms with Crippen LogP contribution < -0.4 is 5.32 Å². The molecule has 0 aliphatic rings. The molecule has 1 heterocycles. The molecule has 0 spiro atoms. The Morgan fingerprint density at radius 1 is 1.03 bits per heavy atom. The monoisotopic (exact) mass is 470 g/mol. The fourth-order valence-corrected chi connectivity index (χ4v) is 4.99. The van der Waals surface area contributed by atoms with Gasteiger partial charge in [-0.1, -0.05) is 31.5 Å². The van der Waals surface area contributed by atoms with Gasteiger partial charge in [-0.3, -0.25) is 4.79 Å². The first-order chi connectivity index (χ1) is 15.6. The maximum absolute atomic E-state index is 12.9. The summed E-state index contributed by atoms with van der Waals surface area (Å²) in [5.74, 6) is 0.516. The summed E-state index contributed by atoms with van der Waals surface area (Å²) >= 11 is 0. The normalized spacial score (nSPS) is 11.7. The number of anilines is 1. The number of carbonyl (C=O) groups is 1. The van der Waals surface area contributed by atoms with Gasteiger partial charge in [0.05, 0.1) is 4.90 Å². The maximum Gasteiger partial charge on any atom is 0.247 e. The van der Waals surface area contributed by atoms with Gasteiger partial charge in [-0.2, -0.15) is 4.31 Å². The van der Waals surface area contributed by atoms with Crippen LogP contribution in [0.1, 0.15) is 42.8 Å². The number of aromatic nitrogens is 2. The molecule has 0 saturated heterocycles. The highest BCUT2D eigenvalue weighted by Gasteiger charge is 2.23. The van der Waals surface area contributed by atoms with E-state index in [2.05, 4.69) is 15.5 Å². The van der Waals surface area contributed by atoms with Gasteiger partial charge < -0.3 is 9.73 Å². The van der Waals surface area contributed by atoms with Gasteiger partial charge in [-0.05, 0) is 56.2 Å². The van der Waals surface area contributed by atoms with Gasteiger partial charge in [0.2, 0.25) is 27.7 Å². The summed E-state index contributed by atoms with van der Waals surface area (Å²) < 4.78 is 32.9. The minimum absolute atomic E-state index is 0.126. The molecule has 3 rings (SSSR count). The van der Waals surface area contributed by atoms with Crippen molar-refractivity contribution in [1.82, 2.24) is 14.5 Å². The Balaban J connectivity index is 1.70. The highest BCUT2D eigenvalue weighted by molar-refractivity contribution is 7.89. The van der Waals surface area contributed by atoms with E-state index < -0.39 is 10.0 Å². The first-order valence-electron chi connectivity index (χ1n) is 11.0. The number of amides is 1. The molecule has 33 heavy (non-hydrogen) atoms. The number of sulfonamides is 1. The van der Waals surface area contributed by atoms with E-state index in [-0.39, 0.29) is 23.6 Å². The van der Waals surface area contributed by atoms with Crippen molar-refractivity contribution >= 4 is 21.6 Å². The second-order valence-electron chi connectivity index (χ2n) is 7.92. The Kier molecular flexibility index (Phi) is 7.65. The van der Waals surface area contributed by atoms with Crippen LogP contribution in [0.4, 0.5) is 5.69 Å². The summed E-state index contributed by atoms with van der Waals surface area (Å²) in [5.41, 5.74) is 4.05. The van der Waals surface area contributed by atoms with Crippen LogP contribution in [0.15, 0.2) is 45.7 Å². The van der Waals surface area contributed by atoms with Crippen LogP contribution in [0.2, 0.25) is 0 Å². The SMILES string of the molecule is CCN(CC)S(=O)(=O)c1cc(C)c(C)c(NC(=O)CCc2nnc(-c3ccc(C)cc3)o2)c1. The molecule has 0 bridgehead atoms. The number of rotatable bonds is 9. The predicted octanol–water partition coefficient (Wildman–Crippen LogP) is 4.26. The van der Waals surface area contributed by atoms with E-state index in [0.717, 1.165) is 22.3 Å². The lowest BCUT2D eigenvalue weighted by Gasteiger charge is -2.20.